The number of aromatic nitrogens is 1. The molecule has 72 valence electrons. The molecule has 2 N–H and O–H groups in total. The molecule has 0 saturated heterocycles. The zero-order valence-corrected chi connectivity index (χ0v) is 6.67. The van der Waals surface area contributed by atoms with E-state index < -0.39 is 23.4 Å². The summed E-state index contributed by atoms with van der Waals surface area (Å²) in [6.07, 6.45) is -2.92. The summed E-state index contributed by atoms with van der Waals surface area (Å²) in [5.74, 6) is -0.895. The first-order valence-electron chi connectivity index (χ1n) is 3.34. The van der Waals surface area contributed by atoms with Crippen molar-refractivity contribution in [1.29, 1.82) is 0 Å². The van der Waals surface area contributed by atoms with Crippen LogP contribution in [0.25, 0.3) is 0 Å². The second kappa shape index (κ2) is 3.42. The Morgan fingerprint density at radius 2 is 2.23 bits per heavy atom. The molecular formula is C7H7F2NO3. The van der Waals surface area contributed by atoms with Crippen molar-refractivity contribution in [2.24, 2.45) is 0 Å². The van der Waals surface area contributed by atoms with Gasteiger partial charge >= 0.3 is 0 Å². The second-order valence-corrected chi connectivity index (χ2v) is 2.27. The van der Waals surface area contributed by atoms with Gasteiger partial charge in [0.1, 0.15) is 11.4 Å². The molecule has 1 heterocycles. The molecule has 0 aliphatic rings. The number of hydrogen-bond acceptors (Lipinski definition) is 3. The molecule has 1 aromatic rings. The van der Waals surface area contributed by atoms with Gasteiger partial charge in [0.2, 0.25) is 0 Å². The Bertz CT molecular complexity index is 361. The summed E-state index contributed by atoms with van der Waals surface area (Å²) in [6.45, 7) is 0. The minimum Gasteiger partial charge on any atom is -0.506 e. The molecule has 0 bridgehead atoms. The summed E-state index contributed by atoms with van der Waals surface area (Å²) in [7, 11) is 1.20. The number of hydrogen-bond donors (Lipinski definition) is 2. The molecule has 0 unspecified atom stereocenters. The Morgan fingerprint density at radius 1 is 1.62 bits per heavy atom. The zero-order valence-electron chi connectivity index (χ0n) is 6.67. The van der Waals surface area contributed by atoms with Gasteiger partial charge in [0, 0.05) is 6.07 Å². The molecule has 0 aromatic carbocycles. The third kappa shape index (κ3) is 1.77. The fraction of sp³-hybridized carbons (Fsp3) is 0.286. The second-order valence-electron chi connectivity index (χ2n) is 2.27. The smallest absolute Gasteiger partial charge is 0.290 e. The zero-order chi connectivity index (χ0) is 10.0. The van der Waals surface area contributed by atoms with E-state index >= 15 is 0 Å². The van der Waals surface area contributed by atoms with E-state index in [1.807, 2.05) is 4.98 Å². The first kappa shape index (κ1) is 9.50. The Balaban J connectivity index is 3.29. The molecule has 0 spiro atoms. The van der Waals surface area contributed by atoms with Crippen LogP contribution in [0.2, 0.25) is 0 Å². The molecule has 6 heteroatoms. The maximum Gasteiger partial charge on any atom is 0.290 e. The standard InChI is InChI=1S/C7H7F2NO3/c1-13-4-2-3(11)5(6(8)9)10-7(4)12/h2,6,11H,1H3,(H,10,12). The number of nitrogens with one attached hydrogen (secondary N) is 1. The molecule has 0 aliphatic heterocycles. The van der Waals surface area contributed by atoms with Gasteiger partial charge in [-0.05, 0) is 0 Å². The number of methoxy groups -OCH3 is 1. The van der Waals surface area contributed by atoms with E-state index in [-0.39, 0.29) is 5.75 Å². The fourth-order valence-corrected chi connectivity index (χ4v) is 0.833. The van der Waals surface area contributed by atoms with Gasteiger partial charge in [0.15, 0.2) is 5.75 Å². The number of aromatic amines is 1. The van der Waals surface area contributed by atoms with E-state index in [4.69, 9.17) is 5.11 Å². The van der Waals surface area contributed by atoms with Crippen LogP contribution in [0, 0.1) is 0 Å². The maximum absolute atomic E-state index is 12.1. The van der Waals surface area contributed by atoms with Gasteiger partial charge in [-0.2, -0.15) is 0 Å². The number of aromatic hydroxyl groups is 1. The molecule has 0 amide bonds. The van der Waals surface area contributed by atoms with Crippen molar-refractivity contribution < 1.29 is 18.6 Å². The highest BCUT2D eigenvalue weighted by molar-refractivity contribution is 5.34. The van der Waals surface area contributed by atoms with Gasteiger partial charge in [0.05, 0.1) is 7.11 Å². The van der Waals surface area contributed by atoms with Crippen molar-refractivity contribution in [3.05, 3.63) is 22.1 Å². The van der Waals surface area contributed by atoms with Crippen LogP contribution in [-0.2, 0) is 0 Å². The first-order valence-corrected chi connectivity index (χ1v) is 3.34. The molecule has 0 fully saturated rings. The molecule has 1 rings (SSSR count). The number of halogens is 2. The van der Waals surface area contributed by atoms with E-state index in [1.54, 1.807) is 0 Å². The maximum atomic E-state index is 12.1. The highest BCUT2D eigenvalue weighted by Crippen LogP contribution is 2.26. The van der Waals surface area contributed by atoms with Crippen LogP contribution in [0.15, 0.2) is 10.9 Å². The summed E-state index contributed by atoms with van der Waals surface area (Å²) in [6, 6.07) is 0.848. The van der Waals surface area contributed by atoms with Crippen LogP contribution in [0.4, 0.5) is 8.78 Å². The third-order valence-electron chi connectivity index (χ3n) is 1.45. The summed E-state index contributed by atoms with van der Waals surface area (Å²) in [5, 5.41) is 8.99. The molecule has 4 nitrogen and oxygen atoms in total. The highest BCUT2D eigenvalue weighted by atomic mass is 19.3. The average Bonchev–Trinajstić information content (AvgIpc) is 2.07. The van der Waals surface area contributed by atoms with Crippen molar-refractivity contribution >= 4 is 0 Å². The highest BCUT2D eigenvalue weighted by Gasteiger charge is 2.15. The van der Waals surface area contributed by atoms with Gasteiger partial charge in [0.25, 0.3) is 12.0 Å². The molecular weight excluding hydrogens is 184 g/mol. The van der Waals surface area contributed by atoms with Crippen LogP contribution >= 0.6 is 0 Å². The van der Waals surface area contributed by atoms with Crippen molar-refractivity contribution in [3.8, 4) is 11.5 Å². The van der Waals surface area contributed by atoms with Gasteiger partial charge in [-0.15, -0.1) is 0 Å². The first-order chi connectivity index (χ1) is 6.06. The summed E-state index contributed by atoms with van der Waals surface area (Å²) < 4.78 is 28.7. The van der Waals surface area contributed by atoms with Crippen molar-refractivity contribution in [1.82, 2.24) is 4.98 Å². The molecule has 0 saturated carbocycles. The van der Waals surface area contributed by atoms with Crippen LogP contribution < -0.4 is 10.3 Å². The largest absolute Gasteiger partial charge is 0.506 e. The van der Waals surface area contributed by atoms with E-state index in [1.165, 1.54) is 7.11 Å². The Labute approximate surface area is 71.8 Å². The minimum absolute atomic E-state index is 0.207. The van der Waals surface area contributed by atoms with Gasteiger partial charge < -0.3 is 14.8 Å². The lowest BCUT2D eigenvalue weighted by atomic mass is 10.3. The van der Waals surface area contributed by atoms with Crippen LogP contribution in [0.3, 0.4) is 0 Å². The Kier molecular flexibility index (Phi) is 2.50. The number of H-pyrrole nitrogens is 1. The Hall–Kier alpha value is -1.59. The lowest BCUT2D eigenvalue weighted by molar-refractivity contribution is 0.141. The predicted molar refractivity (Wildman–Crippen MR) is 40.2 cm³/mol. The molecule has 0 atom stereocenters. The third-order valence-corrected chi connectivity index (χ3v) is 1.45. The summed E-state index contributed by atoms with van der Waals surface area (Å²) >= 11 is 0. The normalized spacial score (nSPS) is 10.5. The van der Waals surface area contributed by atoms with Gasteiger partial charge in [-0.25, -0.2) is 8.78 Å². The summed E-state index contributed by atoms with van der Waals surface area (Å²) in [4.78, 5) is 12.7. The molecule has 0 aliphatic carbocycles. The predicted octanol–water partition coefficient (Wildman–Crippen LogP) is 1.03. The molecule has 13 heavy (non-hydrogen) atoms. The monoisotopic (exact) mass is 191 g/mol. The number of pyridine rings is 1. The van der Waals surface area contributed by atoms with Crippen molar-refractivity contribution in [2.45, 2.75) is 6.43 Å². The van der Waals surface area contributed by atoms with Crippen LogP contribution in [-0.4, -0.2) is 17.2 Å². The van der Waals surface area contributed by atoms with Crippen molar-refractivity contribution in [2.75, 3.05) is 7.11 Å². The lowest BCUT2D eigenvalue weighted by Gasteiger charge is -2.04. The van der Waals surface area contributed by atoms with E-state index in [0.717, 1.165) is 6.07 Å². The average molecular weight is 191 g/mol. The number of alkyl halides is 2. The fourth-order valence-electron chi connectivity index (χ4n) is 0.833. The van der Waals surface area contributed by atoms with E-state index in [2.05, 4.69) is 4.74 Å². The van der Waals surface area contributed by atoms with Crippen molar-refractivity contribution in [3.63, 3.8) is 0 Å². The van der Waals surface area contributed by atoms with Crippen LogP contribution in [0.1, 0.15) is 12.1 Å². The quantitative estimate of drug-likeness (QED) is 0.733. The Morgan fingerprint density at radius 3 is 2.69 bits per heavy atom. The van der Waals surface area contributed by atoms with Crippen LogP contribution in [0.5, 0.6) is 11.5 Å². The minimum atomic E-state index is -2.92. The van der Waals surface area contributed by atoms with E-state index in [0.29, 0.717) is 0 Å². The summed E-state index contributed by atoms with van der Waals surface area (Å²) in [5.41, 5.74) is -1.60. The number of ether oxygens (including phenoxy) is 1. The molecule has 1 aromatic heterocycles. The van der Waals surface area contributed by atoms with Gasteiger partial charge in [-0.3, -0.25) is 4.79 Å². The molecule has 0 radical (unpaired) electrons. The number of rotatable bonds is 2. The van der Waals surface area contributed by atoms with Gasteiger partial charge in [-0.1, -0.05) is 0 Å². The lowest BCUT2D eigenvalue weighted by Crippen LogP contribution is -2.11. The van der Waals surface area contributed by atoms with E-state index in [9.17, 15) is 13.6 Å². The SMILES string of the molecule is COc1cc(O)c(C(F)F)[nH]c1=O. The topological polar surface area (TPSA) is 62.3 Å².